The van der Waals surface area contributed by atoms with Crippen LogP contribution in [0.1, 0.15) is 13.3 Å². The molecule has 1 aromatic carbocycles. The van der Waals surface area contributed by atoms with Gasteiger partial charge in [0.25, 0.3) is 0 Å². The van der Waals surface area contributed by atoms with Gasteiger partial charge in [-0.25, -0.2) is 4.39 Å². The molecule has 3 atom stereocenters. The predicted octanol–water partition coefficient (Wildman–Crippen LogP) is 2.13. The summed E-state index contributed by atoms with van der Waals surface area (Å²) >= 11 is 0. The number of rotatable bonds is 5. The van der Waals surface area contributed by atoms with Crippen LogP contribution in [-0.4, -0.2) is 43.7 Å². The molecule has 2 aliphatic rings. The van der Waals surface area contributed by atoms with E-state index in [9.17, 15) is 4.39 Å². The molecular formula is C16H23FN2O. The summed E-state index contributed by atoms with van der Waals surface area (Å²) in [5.41, 5.74) is 0. The monoisotopic (exact) mass is 278 g/mol. The lowest BCUT2D eigenvalue weighted by Gasteiger charge is -2.26. The van der Waals surface area contributed by atoms with Gasteiger partial charge >= 0.3 is 0 Å². The summed E-state index contributed by atoms with van der Waals surface area (Å²) in [5, 5.41) is 3.50. The Hall–Kier alpha value is -1.13. The number of nitrogens with one attached hydrogen (secondary N) is 1. The van der Waals surface area contributed by atoms with Crippen molar-refractivity contribution in [1.82, 2.24) is 10.2 Å². The van der Waals surface area contributed by atoms with Gasteiger partial charge in [-0.05, 0) is 55.6 Å². The summed E-state index contributed by atoms with van der Waals surface area (Å²) in [6.07, 6.45) is 1.21. The molecule has 0 aliphatic carbocycles. The third-order valence-corrected chi connectivity index (χ3v) is 4.70. The van der Waals surface area contributed by atoms with Crippen LogP contribution in [0.3, 0.4) is 0 Å². The SMILES string of the molecule is CCC1C2CNCC2CN1CCOc1ccc(F)cc1. The van der Waals surface area contributed by atoms with E-state index < -0.39 is 0 Å². The van der Waals surface area contributed by atoms with E-state index in [1.807, 2.05) is 0 Å². The lowest BCUT2D eigenvalue weighted by Crippen LogP contribution is -2.37. The largest absolute Gasteiger partial charge is 0.492 e. The average molecular weight is 278 g/mol. The normalized spacial score (nSPS) is 29.6. The van der Waals surface area contributed by atoms with Crippen molar-refractivity contribution in [3.63, 3.8) is 0 Å². The molecule has 20 heavy (non-hydrogen) atoms. The van der Waals surface area contributed by atoms with E-state index in [1.54, 1.807) is 12.1 Å². The molecule has 1 aromatic rings. The first-order valence-corrected chi connectivity index (χ1v) is 7.61. The molecule has 3 unspecified atom stereocenters. The van der Waals surface area contributed by atoms with Gasteiger partial charge in [-0.2, -0.15) is 0 Å². The standard InChI is InChI=1S/C16H23FN2O/c1-2-16-15-10-18-9-12(15)11-19(16)7-8-20-14-5-3-13(17)4-6-14/h3-6,12,15-16,18H,2,7-11H2,1H3. The van der Waals surface area contributed by atoms with Gasteiger partial charge in [0, 0.05) is 19.1 Å². The third-order valence-electron chi connectivity index (χ3n) is 4.70. The van der Waals surface area contributed by atoms with Crippen LogP contribution < -0.4 is 10.1 Å². The van der Waals surface area contributed by atoms with Crippen molar-refractivity contribution < 1.29 is 9.13 Å². The number of likely N-dealkylation sites (tertiary alicyclic amines) is 1. The highest BCUT2D eigenvalue weighted by molar-refractivity contribution is 5.22. The summed E-state index contributed by atoms with van der Waals surface area (Å²) in [4.78, 5) is 2.57. The zero-order valence-corrected chi connectivity index (χ0v) is 12.0. The van der Waals surface area contributed by atoms with E-state index in [-0.39, 0.29) is 5.82 Å². The molecule has 2 fully saturated rings. The second kappa shape index (κ2) is 6.10. The molecule has 2 heterocycles. The number of nitrogens with zero attached hydrogens (tertiary/aromatic N) is 1. The van der Waals surface area contributed by atoms with Crippen LogP contribution in [-0.2, 0) is 0 Å². The first-order chi connectivity index (χ1) is 9.78. The van der Waals surface area contributed by atoms with Crippen molar-refractivity contribution in [1.29, 1.82) is 0 Å². The maximum atomic E-state index is 12.8. The maximum absolute atomic E-state index is 12.8. The molecule has 1 N–H and O–H groups in total. The summed E-state index contributed by atoms with van der Waals surface area (Å²) in [6, 6.07) is 6.95. The van der Waals surface area contributed by atoms with Gasteiger partial charge in [-0.15, -0.1) is 0 Å². The second-order valence-corrected chi connectivity index (χ2v) is 5.86. The minimum atomic E-state index is -0.219. The quantitative estimate of drug-likeness (QED) is 0.893. The molecule has 3 nitrogen and oxygen atoms in total. The Morgan fingerprint density at radius 1 is 1.30 bits per heavy atom. The van der Waals surface area contributed by atoms with Gasteiger partial charge in [0.05, 0.1) is 0 Å². The van der Waals surface area contributed by atoms with E-state index in [0.29, 0.717) is 12.6 Å². The van der Waals surface area contributed by atoms with Gasteiger partial charge in [-0.3, -0.25) is 4.90 Å². The number of hydrogen-bond acceptors (Lipinski definition) is 3. The van der Waals surface area contributed by atoms with Crippen molar-refractivity contribution in [2.24, 2.45) is 11.8 Å². The summed E-state index contributed by atoms with van der Waals surface area (Å²) in [7, 11) is 0. The highest BCUT2D eigenvalue weighted by Gasteiger charge is 2.42. The first kappa shape index (κ1) is 13.8. The molecule has 0 bridgehead atoms. The van der Waals surface area contributed by atoms with Gasteiger partial charge in [0.15, 0.2) is 0 Å². The van der Waals surface area contributed by atoms with Gasteiger partial charge < -0.3 is 10.1 Å². The van der Waals surface area contributed by atoms with E-state index in [2.05, 4.69) is 17.1 Å². The van der Waals surface area contributed by atoms with Crippen LogP contribution in [0.5, 0.6) is 5.75 Å². The van der Waals surface area contributed by atoms with Crippen molar-refractivity contribution in [3.05, 3.63) is 30.1 Å². The third kappa shape index (κ3) is 2.81. The lowest BCUT2D eigenvalue weighted by molar-refractivity contribution is 0.176. The topological polar surface area (TPSA) is 24.5 Å². The molecule has 0 saturated carbocycles. The van der Waals surface area contributed by atoms with Crippen molar-refractivity contribution in [2.75, 3.05) is 32.8 Å². The highest BCUT2D eigenvalue weighted by atomic mass is 19.1. The fourth-order valence-corrected chi connectivity index (χ4v) is 3.74. The zero-order valence-electron chi connectivity index (χ0n) is 12.0. The molecule has 3 rings (SSSR count). The Morgan fingerprint density at radius 3 is 2.85 bits per heavy atom. The Kier molecular flexibility index (Phi) is 4.22. The molecule has 2 aliphatic heterocycles. The maximum Gasteiger partial charge on any atom is 0.123 e. The molecule has 110 valence electrons. The van der Waals surface area contributed by atoms with Gasteiger partial charge in [-0.1, -0.05) is 6.92 Å². The van der Waals surface area contributed by atoms with E-state index in [4.69, 9.17) is 4.74 Å². The van der Waals surface area contributed by atoms with E-state index in [1.165, 1.54) is 31.6 Å². The molecule has 0 aromatic heterocycles. The minimum Gasteiger partial charge on any atom is -0.492 e. The fraction of sp³-hybridized carbons (Fsp3) is 0.625. The number of fused-ring (bicyclic) bond motifs is 1. The molecular weight excluding hydrogens is 255 g/mol. The van der Waals surface area contributed by atoms with Crippen LogP contribution in [0.25, 0.3) is 0 Å². The van der Waals surface area contributed by atoms with Crippen LogP contribution in [0.4, 0.5) is 4.39 Å². The zero-order chi connectivity index (χ0) is 13.9. The van der Waals surface area contributed by atoms with Crippen LogP contribution in [0.15, 0.2) is 24.3 Å². The number of halogens is 1. The predicted molar refractivity (Wildman–Crippen MR) is 77.4 cm³/mol. The summed E-state index contributed by atoms with van der Waals surface area (Å²) in [6.45, 7) is 7.43. The van der Waals surface area contributed by atoms with Crippen molar-refractivity contribution in [2.45, 2.75) is 19.4 Å². The fourth-order valence-electron chi connectivity index (χ4n) is 3.74. The Balaban J connectivity index is 1.49. The first-order valence-electron chi connectivity index (χ1n) is 7.61. The number of ether oxygens (including phenoxy) is 1. The van der Waals surface area contributed by atoms with E-state index in [0.717, 1.165) is 30.7 Å². The minimum absolute atomic E-state index is 0.219. The molecule has 0 radical (unpaired) electrons. The van der Waals surface area contributed by atoms with Crippen molar-refractivity contribution >= 4 is 0 Å². The average Bonchev–Trinajstić information content (AvgIpc) is 3.01. The highest BCUT2D eigenvalue weighted by Crippen LogP contribution is 2.33. The van der Waals surface area contributed by atoms with Gasteiger partial charge in [0.1, 0.15) is 18.2 Å². The molecule has 2 saturated heterocycles. The number of benzene rings is 1. The van der Waals surface area contributed by atoms with Gasteiger partial charge in [0.2, 0.25) is 0 Å². The molecule has 4 heteroatoms. The second-order valence-electron chi connectivity index (χ2n) is 5.86. The molecule has 0 spiro atoms. The summed E-state index contributed by atoms with van der Waals surface area (Å²) < 4.78 is 18.5. The summed E-state index contributed by atoms with van der Waals surface area (Å²) in [5.74, 6) is 2.15. The Morgan fingerprint density at radius 2 is 2.10 bits per heavy atom. The van der Waals surface area contributed by atoms with Crippen LogP contribution >= 0.6 is 0 Å². The number of hydrogen-bond donors (Lipinski definition) is 1. The van der Waals surface area contributed by atoms with Crippen LogP contribution in [0.2, 0.25) is 0 Å². The smallest absolute Gasteiger partial charge is 0.123 e. The Labute approximate surface area is 120 Å². The van der Waals surface area contributed by atoms with Crippen LogP contribution in [0, 0.1) is 17.7 Å². The molecule has 0 amide bonds. The Bertz CT molecular complexity index is 437. The van der Waals surface area contributed by atoms with E-state index >= 15 is 0 Å². The van der Waals surface area contributed by atoms with Crippen molar-refractivity contribution in [3.8, 4) is 5.75 Å². The lowest BCUT2D eigenvalue weighted by atomic mass is 9.93.